The number of anilines is 1. The van der Waals surface area contributed by atoms with Gasteiger partial charge in [0, 0.05) is 25.2 Å². The number of nitrogens with one attached hydrogen (secondary N) is 3. The van der Waals surface area contributed by atoms with Crippen LogP contribution in [-0.4, -0.2) is 79.1 Å². The standard InChI is InChI=1S/C37H59N5O5/c1-35(2,3)25-26-15-17-27(18-16-26)39-31(44)29(14-12-22-41(7)8)40-34(47)37(19-13-20-37)33(46)38-21-10-9-11-23-42-30(43)24-28(32(42)45)36(4,5)6/h15-18,28-29H,9-14,19-25H2,1-8H3,(H,38,46)(H,39,44)(H,40,47)/t28?,29-/m0/s1. The van der Waals surface area contributed by atoms with Crippen LogP contribution in [0.1, 0.15) is 105 Å². The first kappa shape index (κ1) is 38.2. The molecule has 262 valence electrons. The highest BCUT2D eigenvalue weighted by Crippen LogP contribution is 2.41. The SMILES string of the molecule is CN(C)CCC[C@H](NC(=O)C1(C(=O)NCCCCCN2C(=O)CC(C(C)(C)C)C2=O)CCC1)C(=O)Nc1ccc(CC(C)(C)C)cc1. The summed E-state index contributed by atoms with van der Waals surface area (Å²) < 4.78 is 0. The Balaban J connectivity index is 1.52. The second-order valence-corrected chi connectivity index (χ2v) is 16.2. The van der Waals surface area contributed by atoms with Crippen LogP contribution in [0.25, 0.3) is 0 Å². The Kier molecular flexibility index (Phi) is 13.2. The Morgan fingerprint density at radius 3 is 2.13 bits per heavy atom. The van der Waals surface area contributed by atoms with Crippen molar-refractivity contribution in [2.24, 2.45) is 22.2 Å². The van der Waals surface area contributed by atoms with Crippen LogP contribution >= 0.6 is 0 Å². The lowest BCUT2D eigenvalue weighted by atomic mass is 9.67. The first-order valence-electron chi connectivity index (χ1n) is 17.4. The highest BCUT2D eigenvalue weighted by Gasteiger charge is 2.51. The molecule has 0 bridgehead atoms. The molecule has 1 heterocycles. The van der Waals surface area contributed by atoms with Crippen molar-refractivity contribution in [3.05, 3.63) is 29.8 Å². The average Bonchev–Trinajstić information content (AvgIpc) is 3.22. The molecule has 1 aliphatic heterocycles. The molecule has 3 rings (SSSR count). The van der Waals surface area contributed by atoms with Crippen molar-refractivity contribution < 1.29 is 24.0 Å². The van der Waals surface area contributed by atoms with E-state index in [9.17, 15) is 24.0 Å². The molecule has 1 aromatic carbocycles. The number of carbonyl (C=O) groups excluding carboxylic acids is 5. The molecule has 5 amide bonds. The predicted octanol–water partition coefficient (Wildman–Crippen LogP) is 4.92. The largest absolute Gasteiger partial charge is 0.355 e. The summed E-state index contributed by atoms with van der Waals surface area (Å²) in [4.78, 5) is 69.0. The van der Waals surface area contributed by atoms with Crippen molar-refractivity contribution in [2.75, 3.05) is 39.0 Å². The number of nitrogens with zero attached hydrogens (tertiary/aromatic N) is 2. The van der Waals surface area contributed by atoms with Crippen LogP contribution in [0.2, 0.25) is 0 Å². The van der Waals surface area contributed by atoms with Gasteiger partial charge in [0.2, 0.25) is 29.5 Å². The van der Waals surface area contributed by atoms with Crippen molar-refractivity contribution >= 4 is 35.2 Å². The Bertz CT molecular complexity index is 1260. The monoisotopic (exact) mass is 653 g/mol. The topological polar surface area (TPSA) is 128 Å². The Hall–Kier alpha value is -3.27. The van der Waals surface area contributed by atoms with E-state index in [2.05, 4.69) is 36.7 Å². The van der Waals surface area contributed by atoms with Gasteiger partial charge in [0.25, 0.3) is 0 Å². The van der Waals surface area contributed by atoms with Crippen LogP contribution in [0, 0.1) is 22.2 Å². The number of rotatable bonds is 16. The minimum absolute atomic E-state index is 0.0866. The fourth-order valence-corrected chi connectivity index (χ4v) is 6.35. The molecule has 10 heteroatoms. The van der Waals surface area contributed by atoms with Crippen molar-refractivity contribution in [1.29, 1.82) is 0 Å². The lowest BCUT2D eigenvalue weighted by Gasteiger charge is -2.39. The maximum absolute atomic E-state index is 13.6. The van der Waals surface area contributed by atoms with Crippen LogP contribution in [0.4, 0.5) is 5.69 Å². The molecule has 10 nitrogen and oxygen atoms in total. The first-order chi connectivity index (χ1) is 21.9. The molecule has 0 spiro atoms. The number of benzene rings is 1. The van der Waals surface area contributed by atoms with Crippen LogP contribution < -0.4 is 16.0 Å². The lowest BCUT2D eigenvalue weighted by molar-refractivity contribution is -0.151. The minimum atomic E-state index is -1.18. The zero-order valence-electron chi connectivity index (χ0n) is 30.1. The summed E-state index contributed by atoms with van der Waals surface area (Å²) in [5, 5.41) is 8.86. The zero-order chi connectivity index (χ0) is 35.0. The van der Waals surface area contributed by atoms with Gasteiger partial charge in [-0.2, -0.15) is 0 Å². The van der Waals surface area contributed by atoms with Gasteiger partial charge in [0.05, 0.1) is 5.92 Å². The van der Waals surface area contributed by atoms with E-state index in [1.165, 1.54) is 10.5 Å². The first-order valence-corrected chi connectivity index (χ1v) is 17.4. The highest BCUT2D eigenvalue weighted by molar-refractivity contribution is 6.08. The van der Waals surface area contributed by atoms with Gasteiger partial charge >= 0.3 is 0 Å². The normalized spacial score (nSPS) is 18.6. The second-order valence-electron chi connectivity index (χ2n) is 16.2. The molecular weight excluding hydrogens is 594 g/mol. The number of amides is 5. The highest BCUT2D eigenvalue weighted by atomic mass is 16.2. The predicted molar refractivity (Wildman–Crippen MR) is 185 cm³/mol. The molecule has 2 aliphatic rings. The molecule has 1 aromatic rings. The number of unbranched alkanes of at least 4 members (excludes halogenated alkanes) is 2. The number of hydrogen-bond donors (Lipinski definition) is 3. The van der Waals surface area contributed by atoms with Crippen LogP contribution in [-0.2, 0) is 30.4 Å². The number of carbonyl (C=O) groups is 5. The minimum Gasteiger partial charge on any atom is -0.355 e. The maximum Gasteiger partial charge on any atom is 0.246 e. The Morgan fingerprint density at radius 1 is 0.936 bits per heavy atom. The summed E-state index contributed by atoms with van der Waals surface area (Å²) in [6.07, 6.45) is 6.09. The smallest absolute Gasteiger partial charge is 0.246 e. The van der Waals surface area contributed by atoms with E-state index in [0.717, 1.165) is 25.8 Å². The lowest BCUT2D eigenvalue weighted by Crippen LogP contribution is -2.58. The molecule has 2 atom stereocenters. The zero-order valence-corrected chi connectivity index (χ0v) is 30.1. The second kappa shape index (κ2) is 16.2. The van der Waals surface area contributed by atoms with Gasteiger partial charge in [-0.15, -0.1) is 0 Å². The van der Waals surface area contributed by atoms with E-state index in [0.29, 0.717) is 57.3 Å². The summed E-state index contributed by atoms with van der Waals surface area (Å²) >= 11 is 0. The van der Waals surface area contributed by atoms with Gasteiger partial charge in [-0.3, -0.25) is 28.9 Å². The molecule has 1 saturated heterocycles. The third-order valence-electron chi connectivity index (χ3n) is 9.39. The van der Waals surface area contributed by atoms with E-state index in [4.69, 9.17) is 0 Å². The Labute approximate surface area is 282 Å². The van der Waals surface area contributed by atoms with E-state index in [-0.39, 0.29) is 46.8 Å². The van der Waals surface area contributed by atoms with Gasteiger partial charge in [0.1, 0.15) is 11.5 Å². The summed E-state index contributed by atoms with van der Waals surface area (Å²) in [5.74, 6) is -1.46. The molecule has 3 N–H and O–H groups in total. The summed E-state index contributed by atoms with van der Waals surface area (Å²) in [5.41, 5.74) is 0.594. The average molecular weight is 654 g/mol. The number of likely N-dealkylation sites (tertiary alicyclic amines) is 1. The van der Waals surface area contributed by atoms with E-state index in [1.54, 1.807) is 0 Å². The van der Waals surface area contributed by atoms with Crippen molar-refractivity contribution in [1.82, 2.24) is 20.4 Å². The molecule has 2 fully saturated rings. The molecule has 0 radical (unpaired) electrons. The van der Waals surface area contributed by atoms with Gasteiger partial charge in [0.15, 0.2) is 0 Å². The van der Waals surface area contributed by atoms with E-state index < -0.39 is 17.4 Å². The third-order valence-corrected chi connectivity index (χ3v) is 9.39. The molecule has 1 saturated carbocycles. The van der Waals surface area contributed by atoms with Gasteiger partial charge in [-0.1, -0.05) is 60.1 Å². The van der Waals surface area contributed by atoms with Gasteiger partial charge in [-0.25, -0.2) is 0 Å². The molecule has 0 aromatic heterocycles. The summed E-state index contributed by atoms with van der Waals surface area (Å²) in [7, 11) is 3.93. The van der Waals surface area contributed by atoms with Crippen LogP contribution in [0.15, 0.2) is 24.3 Å². The van der Waals surface area contributed by atoms with Crippen LogP contribution in [0.3, 0.4) is 0 Å². The molecular formula is C37H59N5O5. The van der Waals surface area contributed by atoms with Gasteiger partial charge < -0.3 is 20.9 Å². The fraction of sp³-hybridized carbons (Fsp3) is 0.703. The van der Waals surface area contributed by atoms with E-state index >= 15 is 0 Å². The number of hydrogen-bond acceptors (Lipinski definition) is 6. The van der Waals surface area contributed by atoms with Crippen LogP contribution in [0.5, 0.6) is 0 Å². The molecule has 47 heavy (non-hydrogen) atoms. The third kappa shape index (κ3) is 10.9. The van der Waals surface area contributed by atoms with Crippen molar-refractivity contribution in [2.45, 2.75) is 112 Å². The number of imide groups is 1. The molecule has 1 aliphatic carbocycles. The molecule has 1 unspecified atom stereocenters. The van der Waals surface area contributed by atoms with Crippen molar-refractivity contribution in [3.8, 4) is 0 Å². The fourth-order valence-electron chi connectivity index (χ4n) is 6.35. The Morgan fingerprint density at radius 2 is 1.60 bits per heavy atom. The summed E-state index contributed by atoms with van der Waals surface area (Å²) in [6.45, 7) is 14.1. The van der Waals surface area contributed by atoms with Gasteiger partial charge in [-0.05, 0) is 101 Å². The quantitative estimate of drug-likeness (QED) is 0.132. The van der Waals surface area contributed by atoms with Crippen molar-refractivity contribution in [3.63, 3.8) is 0 Å². The maximum atomic E-state index is 13.6. The van der Waals surface area contributed by atoms with E-state index in [1.807, 2.05) is 64.0 Å². The summed E-state index contributed by atoms with van der Waals surface area (Å²) in [6, 6.07) is 7.05.